The molecule has 0 bridgehead atoms. The third-order valence-electron chi connectivity index (χ3n) is 4.60. The van der Waals surface area contributed by atoms with Crippen molar-refractivity contribution < 1.29 is 23.9 Å². The third-order valence-corrected chi connectivity index (χ3v) is 5.18. The molecule has 1 saturated heterocycles. The van der Waals surface area contributed by atoms with Gasteiger partial charge in [-0.25, -0.2) is 9.69 Å². The van der Waals surface area contributed by atoms with E-state index in [1.54, 1.807) is 24.3 Å². The number of carbonyl (C=O) groups excluding carboxylic acids is 3. The third kappa shape index (κ3) is 6.13. The molecule has 9 heteroatoms. The summed E-state index contributed by atoms with van der Waals surface area (Å²) in [7, 11) is 0. The molecule has 0 saturated carbocycles. The van der Waals surface area contributed by atoms with Crippen LogP contribution < -0.4 is 20.1 Å². The number of imide groups is 1. The maximum atomic E-state index is 12.8. The number of aryl methyl sites for hydroxylation is 1. The predicted octanol–water partition coefficient (Wildman–Crippen LogP) is 4.47. The Balaban J connectivity index is 1.77. The first-order chi connectivity index (χ1) is 15.7. The highest BCUT2D eigenvalue weighted by molar-refractivity contribution is 9.10. The Bertz CT molecular complexity index is 1100. The number of amides is 4. The van der Waals surface area contributed by atoms with E-state index in [9.17, 15) is 14.4 Å². The second kappa shape index (κ2) is 10.5. The Morgan fingerprint density at radius 3 is 2.55 bits per heavy atom. The van der Waals surface area contributed by atoms with Crippen molar-refractivity contribution in [2.24, 2.45) is 0 Å². The summed E-state index contributed by atoms with van der Waals surface area (Å²) >= 11 is 3.48. The van der Waals surface area contributed by atoms with Crippen LogP contribution in [0.15, 0.2) is 46.6 Å². The van der Waals surface area contributed by atoms with Gasteiger partial charge in [0, 0.05) is 5.69 Å². The maximum Gasteiger partial charge on any atom is 0.329 e. The first-order valence-corrected chi connectivity index (χ1v) is 11.3. The van der Waals surface area contributed by atoms with E-state index in [1.165, 1.54) is 6.08 Å². The molecular weight excluding hydrogens is 490 g/mol. The normalized spacial score (nSPS) is 14.6. The fourth-order valence-corrected chi connectivity index (χ4v) is 3.70. The van der Waals surface area contributed by atoms with Crippen LogP contribution >= 0.6 is 15.9 Å². The topological polar surface area (TPSA) is 97.0 Å². The van der Waals surface area contributed by atoms with Crippen molar-refractivity contribution >= 4 is 45.5 Å². The lowest BCUT2D eigenvalue weighted by Gasteiger charge is -2.17. The molecule has 4 amide bonds. The van der Waals surface area contributed by atoms with E-state index in [0.717, 1.165) is 10.5 Å². The Labute approximate surface area is 201 Å². The number of anilines is 1. The van der Waals surface area contributed by atoms with Gasteiger partial charge in [0.05, 0.1) is 17.2 Å². The number of urea groups is 1. The molecular formula is C24H26BrN3O5. The molecule has 1 fully saturated rings. The minimum Gasteiger partial charge on any atom is -0.490 e. The number of rotatable bonds is 8. The van der Waals surface area contributed by atoms with Gasteiger partial charge in [-0.15, -0.1) is 0 Å². The molecule has 0 atom stereocenters. The molecule has 1 aliphatic heterocycles. The molecule has 1 heterocycles. The van der Waals surface area contributed by atoms with Crippen LogP contribution in [-0.4, -0.2) is 42.0 Å². The average Bonchev–Trinajstić information content (AvgIpc) is 2.99. The maximum absolute atomic E-state index is 12.8. The van der Waals surface area contributed by atoms with Gasteiger partial charge >= 0.3 is 6.03 Å². The zero-order valence-corrected chi connectivity index (χ0v) is 20.5. The summed E-state index contributed by atoms with van der Waals surface area (Å²) in [5.74, 6) is 0.0135. The van der Waals surface area contributed by atoms with E-state index in [1.807, 2.05) is 39.8 Å². The van der Waals surface area contributed by atoms with Gasteiger partial charge in [0.15, 0.2) is 11.5 Å². The summed E-state index contributed by atoms with van der Waals surface area (Å²) in [4.78, 5) is 38.4. The zero-order valence-electron chi connectivity index (χ0n) is 18.9. The summed E-state index contributed by atoms with van der Waals surface area (Å²) < 4.78 is 12.2. The number of carbonyl (C=O) groups is 3. The number of ether oxygens (including phenoxy) is 2. The van der Waals surface area contributed by atoms with Gasteiger partial charge in [-0.3, -0.25) is 9.59 Å². The second-order valence-corrected chi connectivity index (χ2v) is 8.58. The van der Waals surface area contributed by atoms with Crippen LogP contribution in [0.4, 0.5) is 10.5 Å². The van der Waals surface area contributed by atoms with Crippen LogP contribution in [0.1, 0.15) is 31.9 Å². The van der Waals surface area contributed by atoms with Gasteiger partial charge in [0.1, 0.15) is 12.2 Å². The van der Waals surface area contributed by atoms with Gasteiger partial charge in [0.2, 0.25) is 5.91 Å². The molecule has 2 aromatic rings. The number of hydrogen-bond donors (Lipinski definition) is 2. The Hall–Kier alpha value is -3.33. The van der Waals surface area contributed by atoms with Gasteiger partial charge in [-0.05, 0) is 79.5 Å². The lowest BCUT2D eigenvalue weighted by Crippen LogP contribution is -2.38. The minimum atomic E-state index is -0.658. The lowest BCUT2D eigenvalue weighted by atomic mass is 10.1. The number of nitrogens with one attached hydrogen (secondary N) is 2. The van der Waals surface area contributed by atoms with Crippen molar-refractivity contribution in [3.63, 3.8) is 0 Å². The average molecular weight is 516 g/mol. The van der Waals surface area contributed by atoms with Gasteiger partial charge in [0.25, 0.3) is 5.91 Å². The van der Waals surface area contributed by atoms with Crippen LogP contribution in [0.25, 0.3) is 6.08 Å². The highest BCUT2D eigenvalue weighted by Gasteiger charge is 2.35. The van der Waals surface area contributed by atoms with E-state index in [0.29, 0.717) is 33.8 Å². The molecule has 2 N–H and O–H groups in total. The smallest absolute Gasteiger partial charge is 0.329 e. The monoisotopic (exact) mass is 515 g/mol. The Morgan fingerprint density at radius 1 is 1.21 bits per heavy atom. The van der Waals surface area contributed by atoms with E-state index in [4.69, 9.17) is 9.47 Å². The molecule has 33 heavy (non-hydrogen) atoms. The second-order valence-electron chi connectivity index (χ2n) is 7.72. The van der Waals surface area contributed by atoms with Gasteiger partial charge in [-0.1, -0.05) is 17.7 Å². The lowest BCUT2D eigenvalue weighted by molar-refractivity contribution is -0.127. The standard InChI is InChI=1S/C24H26BrN3O5/c1-5-32-20-12-16(10-18(25)22(20)33-14(2)3)11-19-23(30)28(24(31)27-19)13-21(29)26-17-8-6-15(4)7-9-17/h6-12,14H,5,13H2,1-4H3,(H,26,29)(H,27,31)/b19-11+. The molecule has 0 unspecified atom stereocenters. The number of benzene rings is 2. The van der Waals surface area contributed by atoms with Crippen LogP contribution in [0, 0.1) is 6.92 Å². The van der Waals surface area contributed by atoms with Crippen LogP contribution in [0.2, 0.25) is 0 Å². The fraction of sp³-hybridized carbons (Fsp3) is 0.292. The number of halogens is 1. The van der Waals surface area contributed by atoms with Crippen molar-refractivity contribution in [1.82, 2.24) is 10.2 Å². The molecule has 2 aromatic carbocycles. The van der Waals surface area contributed by atoms with Crippen molar-refractivity contribution in [3.8, 4) is 11.5 Å². The summed E-state index contributed by atoms with van der Waals surface area (Å²) in [6.07, 6.45) is 1.48. The Kier molecular flexibility index (Phi) is 7.75. The highest BCUT2D eigenvalue weighted by Crippen LogP contribution is 2.38. The van der Waals surface area contributed by atoms with Crippen LogP contribution in [-0.2, 0) is 9.59 Å². The largest absolute Gasteiger partial charge is 0.490 e. The summed E-state index contributed by atoms with van der Waals surface area (Å²) in [6.45, 7) is 7.65. The SMILES string of the molecule is CCOc1cc(/C=C2/NC(=O)N(CC(=O)Nc3ccc(C)cc3)C2=O)cc(Br)c1OC(C)C. The zero-order chi connectivity index (χ0) is 24.1. The molecule has 0 aromatic heterocycles. The van der Waals surface area contributed by atoms with Gasteiger partial charge < -0.3 is 20.1 Å². The molecule has 0 aliphatic carbocycles. The number of nitrogens with zero attached hydrogens (tertiary/aromatic N) is 1. The fourth-order valence-electron chi connectivity index (χ4n) is 3.15. The first-order valence-electron chi connectivity index (χ1n) is 10.5. The van der Waals surface area contributed by atoms with E-state index in [-0.39, 0.29) is 11.8 Å². The summed E-state index contributed by atoms with van der Waals surface area (Å²) in [5, 5.41) is 5.21. The van der Waals surface area contributed by atoms with Crippen LogP contribution in [0.5, 0.6) is 11.5 Å². The summed E-state index contributed by atoms with van der Waals surface area (Å²) in [5.41, 5.74) is 2.33. The van der Waals surface area contributed by atoms with Crippen molar-refractivity contribution in [1.29, 1.82) is 0 Å². The molecule has 1 aliphatic rings. The van der Waals surface area contributed by atoms with Gasteiger partial charge in [-0.2, -0.15) is 0 Å². The molecule has 8 nitrogen and oxygen atoms in total. The summed E-state index contributed by atoms with van der Waals surface area (Å²) in [6, 6.07) is 10.1. The molecule has 0 spiro atoms. The van der Waals surface area contributed by atoms with Crippen molar-refractivity contribution in [2.45, 2.75) is 33.8 Å². The molecule has 0 radical (unpaired) electrons. The van der Waals surface area contributed by atoms with E-state index >= 15 is 0 Å². The highest BCUT2D eigenvalue weighted by atomic mass is 79.9. The first kappa shape index (κ1) is 24.3. The minimum absolute atomic E-state index is 0.0555. The van der Waals surface area contributed by atoms with E-state index in [2.05, 4.69) is 26.6 Å². The Morgan fingerprint density at radius 2 is 1.91 bits per heavy atom. The van der Waals surface area contributed by atoms with Crippen molar-refractivity contribution in [3.05, 3.63) is 57.7 Å². The predicted molar refractivity (Wildman–Crippen MR) is 129 cm³/mol. The van der Waals surface area contributed by atoms with Crippen molar-refractivity contribution in [2.75, 3.05) is 18.5 Å². The number of hydrogen-bond acceptors (Lipinski definition) is 5. The molecule has 3 rings (SSSR count). The quantitative estimate of drug-likeness (QED) is 0.399. The van der Waals surface area contributed by atoms with E-state index < -0.39 is 24.4 Å². The molecule has 174 valence electrons. The van der Waals surface area contributed by atoms with Crippen LogP contribution in [0.3, 0.4) is 0 Å².